The molecule has 0 radical (unpaired) electrons. The summed E-state index contributed by atoms with van der Waals surface area (Å²) >= 11 is 3.59. The highest BCUT2D eigenvalue weighted by Crippen LogP contribution is 2.41. The van der Waals surface area contributed by atoms with E-state index < -0.39 is 0 Å². The molecule has 1 saturated heterocycles. The summed E-state index contributed by atoms with van der Waals surface area (Å²) < 4.78 is -0.0675. The van der Waals surface area contributed by atoms with Crippen LogP contribution in [0.3, 0.4) is 0 Å². The van der Waals surface area contributed by atoms with Crippen LogP contribution in [0.4, 0.5) is 0 Å². The number of nitriles is 1. The minimum absolute atomic E-state index is 0.0675. The normalized spacial score (nSPS) is 26.2. The molecule has 1 nitrogen and oxygen atoms in total. The molecule has 0 spiro atoms. The zero-order valence-corrected chi connectivity index (χ0v) is 9.66. The van der Waals surface area contributed by atoms with Crippen LogP contribution in [-0.2, 0) is 6.42 Å². The van der Waals surface area contributed by atoms with Crippen LogP contribution >= 0.6 is 23.1 Å². The first-order valence-electron chi connectivity index (χ1n) is 4.91. The Kier molecular flexibility index (Phi) is 3.15. The van der Waals surface area contributed by atoms with Gasteiger partial charge >= 0.3 is 0 Å². The highest BCUT2D eigenvalue weighted by atomic mass is 32.2. The van der Waals surface area contributed by atoms with Gasteiger partial charge in [-0.3, -0.25) is 0 Å². The van der Waals surface area contributed by atoms with Crippen molar-refractivity contribution in [3.8, 4) is 6.07 Å². The molecule has 2 heterocycles. The Labute approximate surface area is 93.1 Å². The van der Waals surface area contributed by atoms with Gasteiger partial charge in [-0.15, -0.1) is 11.8 Å². The summed E-state index contributed by atoms with van der Waals surface area (Å²) in [4.78, 5) is 0. The van der Waals surface area contributed by atoms with Crippen molar-refractivity contribution in [2.24, 2.45) is 0 Å². The van der Waals surface area contributed by atoms with Gasteiger partial charge in [-0.2, -0.15) is 16.6 Å². The van der Waals surface area contributed by atoms with E-state index in [0.717, 1.165) is 25.0 Å². The fourth-order valence-corrected chi connectivity index (χ4v) is 3.80. The van der Waals surface area contributed by atoms with E-state index in [4.69, 9.17) is 0 Å². The van der Waals surface area contributed by atoms with E-state index in [2.05, 4.69) is 22.9 Å². The fraction of sp³-hybridized carbons (Fsp3) is 0.545. The fourth-order valence-electron chi connectivity index (χ4n) is 1.82. The average molecular weight is 223 g/mol. The highest BCUT2D eigenvalue weighted by molar-refractivity contribution is 8.01. The van der Waals surface area contributed by atoms with E-state index in [1.54, 1.807) is 11.3 Å². The van der Waals surface area contributed by atoms with Gasteiger partial charge in [-0.1, -0.05) is 0 Å². The summed E-state index contributed by atoms with van der Waals surface area (Å²) in [5.74, 6) is 1.16. The molecule has 0 saturated carbocycles. The van der Waals surface area contributed by atoms with Gasteiger partial charge in [0.15, 0.2) is 0 Å². The Balaban J connectivity index is 1.93. The van der Waals surface area contributed by atoms with Gasteiger partial charge in [0, 0.05) is 0 Å². The van der Waals surface area contributed by atoms with Gasteiger partial charge < -0.3 is 0 Å². The summed E-state index contributed by atoms with van der Waals surface area (Å²) in [7, 11) is 0. The first-order valence-corrected chi connectivity index (χ1v) is 6.84. The molecule has 1 aromatic heterocycles. The summed E-state index contributed by atoms with van der Waals surface area (Å²) in [6, 6.07) is 4.67. The molecule has 1 aliphatic heterocycles. The third-order valence-electron chi connectivity index (χ3n) is 2.70. The Morgan fingerprint density at radius 1 is 1.57 bits per heavy atom. The Morgan fingerprint density at radius 3 is 3.07 bits per heavy atom. The number of hydrogen-bond donors (Lipinski definition) is 0. The molecule has 0 bridgehead atoms. The molecular formula is C11H13NS2. The number of hydrogen-bond acceptors (Lipinski definition) is 3. The summed E-state index contributed by atoms with van der Waals surface area (Å²) in [5.41, 5.74) is 1.39. The molecule has 1 fully saturated rings. The second-order valence-electron chi connectivity index (χ2n) is 3.69. The minimum atomic E-state index is -0.0675. The molecule has 1 atom stereocenters. The zero-order valence-electron chi connectivity index (χ0n) is 8.03. The van der Waals surface area contributed by atoms with Gasteiger partial charge in [0.1, 0.15) is 4.75 Å². The van der Waals surface area contributed by atoms with E-state index in [0.29, 0.717) is 0 Å². The van der Waals surface area contributed by atoms with Gasteiger partial charge in [-0.25, -0.2) is 0 Å². The van der Waals surface area contributed by atoms with Crippen molar-refractivity contribution in [3.63, 3.8) is 0 Å². The van der Waals surface area contributed by atoms with Crippen molar-refractivity contribution in [1.82, 2.24) is 0 Å². The summed E-state index contributed by atoms with van der Waals surface area (Å²) in [6.45, 7) is 0. The monoisotopic (exact) mass is 223 g/mol. The lowest BCUT2D eigenvalue weighted by molar-refractivity contribution is 0.622. The molecule has 3 heteroatoms. The topological polar surface area (TPSA) is 23.8 Å². The summed E-state index contributed by atoms with van der Waals surface area (Å²) in [5, 5.41) is 13.5. The van der Waals surface area contributed by atoms with E-state index in [-0.39, 0.29) is 4.75 Å². The zero-order chi connectivity index (χ0) is 9.86. The van der Waals surface area contributed by atoms with Gasteiger partial charge in [0.25, 0.3) is 0 Å². The van der Waals surface area contributed by atoms with Crippen molar-refractivity contribution < 1.29 is 0 Å². The van der Waals surface area contributed by atoms with E-state index in [1.165, 1.54) is 12.0 Å². The smallest absolute Gasteiger partial charge is 0.103 e. The van der Waals surface area contributed by atoms with Crippen LogP contribution in [0.2, 0.25) is 0 Å². The standard InChI is InChI=1S/C11H13NS2/c12-9-11(4-1-6-14-11)5-2-10-3-7-13-8-10/h3,7-8H,1-2,4-6H2. The molecule has 1 aromatic rings. The molecule has 74 valence electrons. The molecule has 14 heavy (non-hydrogen) atoms. The number of nitrogens with zero attached hydrogens (tertiary/aromatic N) is 1. The van der Waals surface area contributed by atoms with Crippen LogP contribution in [0.15, 0.2) is 16.8 Å². The van der Waals surface area contributed by atoms with Crippen LogP contribution in [0, 0.1) is 11.3 Å². The Morgan fingerprint density at radius 2 is 2.50 bits per heavy atom. The maximum absolute atomic E-state index is 9.18. The predicted molar refractivity (Wildman–Crippen MR) is 62.7 cm³/mol. The van der Waals surface area contributed by atoms with Crippen LogP contribution < -0.4 is 0 Å². The van der Waals surface area contributed by atoms with E-state index >= 15 is 0 Å². The summed E-state index contributed by atoms with van der Waals surface area (Å²) in [6.07, 6.45) is 4.37. The molecule has 0 N–H and O–H groups in total. The molecule has 0 aliphatic carbocycles. The van der Waals surface area contributed by atoms with E-state index in [9.17, 15) is 5.26 Å². The second kappa shape index (κ2) is 4.37. The van der Waals surface area contributed by atoms with Gasteiger partial charge in [0.2, 0.25) is 0 Å². The number of rotatable bonds is 3. The van der Waals surface area contributed by atoms with Crippen molar-refractivity contribution >= 4 is 23.1 Å². The number of aryl methyl sites for hydroxylation is 1. The SMILES string of the molecule is N#CC1(CCc2ccsc2)CCCS1. The van der Waals surface area contributed by atoms with Crippen molar-refractivity contribution in [1.29, 1.82) is 5.26 Å². The van der Waals surface area contributed by atoms with Crippen molar-refractivity contribution in [2.45, 2.75) is 30.4 Å². The van der Waals surface area contributed by atoms with Crippen LogP contribution in [0.25, 0.3) is 0 Å². The molecule has 2 rings (SSSR count). The minimum Gasteiger partial charge on any atom is -0.197 e. The van der Waals surface area contributed by atoms with Crippen LogP contribution in [0.1, 0.15) is 24.8 Å². The largest absolute Gasteiger partial charge is 0.197 e. The van der Waals surface area contributed by atoms with Crippen molar-refractivity contribution in [3.05, 3.63) is 22.4 Å². The average Bonchev–Trinajstić information content (AvgIpc) is 2.87. The first kappa shape index (κ1) is 10.1. The lowest BCUT2D eigenvalue weighted by Crippen LogP contribution is -2.18. The molecule has 1 aliphatic rings. The number of thiophene rings is 1. The Bertz CT molecular complexity index is 318. The molecule has 0 aromatic carbocycles. The predicted octanol–water partition coefficient (Wildman–Crippen LogP) is 3.47. The lowest BCUT2D eigenvalue weighted by Gasteiger charge is -2.18. The third-order valence-corrected chi connectivity index (χ3v) is 4.98. The quantitative estimate of drug-likeness (QED) is 0.783. The molecule has 0 amide bonds. The maximum atomic E-state index is 9.18. The van der Waals surface area contributed by atoms with Gasteiger partial charge in [-0.05, 0) is 53.8 Å². The lowest BCUT2D eigenvalue weighted by atomic mass is 9.97. The second-order valence-corrected chi connectivity index (χ2v) is 5.95. The molecular weight excluding hydrogens is 210 g/mol. The van der Waals surface area contributed by atoms with Crippen LogP contribution in [0.5, 0.6) is 0 Å². The first-order chi connectivity index (χ1) is 6.85. The maximum Gasteiger partial charge on any atom is 0.103 e. The van der Waals surface area contributed by atoms with Crippen LogP contribution in [-0.4, -0.2) is 10.5 Å². The third kappa shape index (κ3) is 2.13. The number of thioether (sulfide) groups is 1. The Hall–Kier alpha value is -0.460. The molecule has 1 unspecified atom stereocenters. The van der Waals surface area contributed by atoms with Gasteiger partial charge in [0.05, 0.1) is 6.07 Å². The highest BCUT2D eigenvalue weighted by Gasteiger charge is 2.34. The van der Waals surface area contributed by atoms with Crippen molar-refractivity contribution in [2.75, 3.05) is 5.75 Å². The van der Waals surface area contributed by atoms with E-state index in [1.807, 2.05) is 11.8 Å².